The SMILES string of the molecule is NC1(CCCC2CCCO2)CCCC1. The minimum atomic E-state index is 0.193. The van der Waals surface area contributed by atoms with Gasteiger partial charge in [-0.05, 0) is 44.9 Å². The van der Waals surface area contributed by atoms with E-state index in [0.29, 0.717) is 6.10 Å². The average molecular weight is 197 g/mol. The van der Waals surface area contributed by atoms with Gasteiger partial charge in [0.1, 0.15) is 0 Å². The summed E-state index contributed by atoms with van der Waals surface area (Å²) in [7, 11) is 0. The van der Waals surface area contributed by atoms with E-state index >= 15 is 0 Å². The fourth-order valence-corrected chi connectivity index (χ4v) is 2.88. The lowest BCUT2D eigenvalue weighted by molar-refractivity contribution is 0.100. The van der Waals surface area contributed by atoms with Gasteiger partial charge in [0, 0.05) is 12.1 Å². The molecule has 14 heavy (non-hydrogen) atoms. The molecule has 0 aromatic rings. The van der Waals surface area contributed by atoms with Gasteiger partial charge in [-0.2, -0.15) is 0 Å². The Morgan fingerprint density at radius 2 is 2.00 bits per heavy atom. The lowest BCUT2D eigenvalue weighted by Gasteiger charge is -2.23. The van der Waals surface area contributed by atoms with Crippen LogP contribution in [0, 0.1) is 0 Å². The van der Waals surface area contributed by atoms with E-state index in [-0.39, 0.29) is 5.54 Å². The van der Waals surface area contributed by atoms with Crippen molar-refractivity contribution in [1.29, 1.82) is 0 Å². The standard InChI is InChI=1S/C12H23NO/c13-12(7-1-2-8-12)9-3-5-11-6-4-10-14-11/h11H,1-10,13H2. The first kappa shape index (κ1) is 10.4. The molecule has 0 bridgehead atoms. The highest BCUT2D eigenvalue weighted by Crippen LogP contribution is 2.32. The van der Waals surface area contributed by atoms with E-state index in [1.165, 1.54) is 57.8 Å². The van der Waals surface area contributed by atoms with Gasteiger partial charge in [-0.3, -0.25) is 0 Å². The maximum absolute atomic E-state index is 6.30. The monoisotopic (exact) mass is 197 g/mol. The first-order valence-electron chi connectivity index (χ1n) is 6.19. The summed E-state index contributed by atoms with van der Waals surface area (Å²) in [5, 5.41) is 0. The van der Waals surface area contributed by atoms with Crippen LogP contribution in [0.25, 0.3) is 0 Å². The van der Waals surface area contributed by atoms with Crippen molar-refractivity contribution in [2.45, 2.75) is 69.4 Å². The van der Waals surface area contributed by atoms with E-state index < -0.39 is 0 Å². The molecule has 0 radical (unpaired) electrons. The molecule has 2 rings (SSSR count). The summed E-state index contributed by atoms with van der Waals surface area (Å²) >= 11 is 0. The van der Waals surface area contributed by atoms with Crippen LogP contribution in [0.3, 0.4) is 0 Å². The maximum Gasteiger partial charge on any atom is 0.0576 e. The second-order valence-corrected chi connectivity index (χ2v) is 5.10. The third-order valence-corrected chi connectivity index (χ3v) is 3.82. The van der Waals surface area contributed by atoms with Crippen molar-refractivity contribution in [2.24, 2.45) is 5.73 Å². The van der Waals surface area contributed by atoms with E-state index in [4.69, 9.17) is 10.5 Å². The van der Waals surface area contributed by atoms with Crippen LogP contribution in [0.4, 0.5) is 0 Å². The van der Waals surface area contributed by atoms with Crippen LogP contribution in [0.15, 0.2) is 0 Å². The maximum atomic E-state index is 6.30. The first-order valence-corrected chi connectivity index (χ1v) is 6.19. The fourth-order valence-electron chi connectivity index (χ4n) is 2.88. The second-order valence-electron chi connectivity index (χ2n) is 5.10. The first-order chi connectivity index (χ1) is 6.79. The number of hydrogen-bond donors (Lipinski definition) is 1. The van der Waals surface area contributed by atoms with Gasteiger partial charge in [-0.15, -0.1) is 0 Å². The molecule has 1 aliphatic heterocycles. The van der Waals surface area contributed by atoms with Crippen LogP contribution in [-0.4, -0.2) is 18.2 Å². The largest absolute Gasteiger partial charge is 0.378 e. The minimum Gasteiger partial charge on any atom is -0.378 e. The zero-order chi connectivity index (χ0) is 9.86. The van der Waals surface area contributed by atoms with Crippen LogP contribution in [0.2, 0.25) is 0 Å². The van der Waals surface area contributed by atoms with E-state index in [1.54, 1.807) is 0 Å². The Kier molecular flexibility index (Phi) is 3.45. The van der Waals surface area contributed by atoms with Crippen LogP contribution in [-0.2, 0) is 4.74 Å². The Bertz CT molecular complexity index is 169. The smallest absolute Gasteiger partial charge is 0.0576 e. The van der Waals surface area contributed by atoms with Gasteiger partial charge < -0.3 is 10.5 Å². The molecule has 2 aliphatic rings. The third kappa shape index (κ3) is 2.71. The summed E-state index contributed by atoms with van der Waals surface area (Å²) in [6, 6.07) is 0. The van der Waals surface area contributed by atoms with E-state index in [2.05, 4.69) is 0 Å². The average Bonchev–Trinajstić information content (AvgIpc) is 2.77. The zero-order valence-electron chi connectivity index (χ0n) is 9.13. The molecular weight excluding hydrogens is 174 g/mol. The number of ether oxygens (including phenoxy) is 1. The molecule has 82 valence electrons. The van der Waals surface area contributed by atoms with Crippen molar-refractivity contribution >= 4 is 0 Å². The Balaban J connectivity index is 1.61. The number of nitrogens with two attached hydrogens (primary N) is 1. The van der Waals surface area contributed by atoms with Gasteiger partial charge >= 0.3 is 0 Å². The van der Waals surface area contributed by atoms with Gasteiger partial charge in [0.25, 0.3) is 0 Å². The Hall–Kier alpha value is -0.0800. The van der Waals surface area contributed by atoms with Crippen molar-refractivity contribution in [3.8, 4) is 0 Å². The van der Waals surface area contributed by atoms with Crippen LogP contribution in [0.5, 0.6) is 0 Å². The molecule has 1 saturated carbocycles. The zero-order valence-corrected chi connectivity index (χ0v) is 9.13. The highest BCUT2D eigenvalue weighted by Gasteiger charge is 2.28. The second kappa shape index (κ2) is 4.63. The molecule has 1 unspecified atom stereocenters. The van der Waals surface area contributed by atoms with E-state index in [0.717, 1.165) is 6.61 Å². The molecule has 1 atom stereocenters. The molecule has 2 fully saturated rings. The summed E-state index contributed by atoms with van der Waals surface area (Å²) in [6.07, 6.45) is 12.0. The van der Waals surface area contributed by atoms with Crippen molar-refractivity contribution in [2.75, 3.05) is 6.61 Å². The molecule has 0 spiro atoms. The predicted molar refractivity (Wildman–Crippen MR) is 58.2 cm³/mol. The van der Waals surface area contributed by atoms with Crippen molar-refractivity contribution < 1.29 is 4.74 Å². The summed E-state index contributed by atoms with van der Waals surface area (Å²) < 4.78 is 5.61. The molecule has 2 nitrogen and oxygen atoms in total. The van der Waals surface area contributed by atoms with Crippen LogP contribution in [0.1, 0.15) is 57.8 Å². The van der Waals surface area contributed by atoms with Crippen molar-refractivity contribution in [1.82, 2.24) is 0 Å². The topological polar surface area (TPSA) is 35.2 Å². The summed E-state index contributed by atoms with van der Waals surface area (Å²) in [5.41, 5.74) is 6.50. The summed E-state index contributed by atoms with van der Waals surface area (Å²) in [4.78, 5) is 0. The van der Waals surface area contributed by atoms with E-state index in [9.17, 15) is 0 Å². The lowest BCUT2D eigenvalue weighted by Crippen LogP contribution is -2.36. The van der Waals surface area contributed by atoms with E-state index in [1.807, 2.05) is 0 Å². The van der Waals surface area contributed by atoms with Crippen molar-refractivity contribution in [3.05, 3.63) is 0 Å². The van der Waals surface area contributed by atoms with Gasteiger partial charge in [0.05, 0.1) is 6.10 Å². The molecule has 0 aromatic carbocycles. The number of rotatable bonds is 4. The molecule has 1 heterocycles. The molecular formula is C12H23NO. The van der Waals surface area contributed by atoms with Crippen LogP contribution < -0.4 is 5.73 Å². The van der Waals surface area contributed by atoms with Gasteiger partial charge in [0.2, 0.25) is 0 Å². The molecule has 0 amide bonds. The molecule has 2 N–H and O–H groups in total. The molecule has 1 aliphatic carbocycles. The van der Waals surface area contributed by atoms with Gasteiger partial charge in [-0.1, -0.05) is 12.8 Å². The Morgan fingerprint density at radius 3 is 2.64 bits per heavy atom. The quantitative estimate of drug-likeness (QED) is 0.752. The molecule has 0 aromatic heterocycles. The van der Waals surface area contributed by atoms with Gasteiger partial charge in [0.15, 0.2) is 0 Å². The van der Waals surface area contributed by atoms with Crippen molar-refractivity contribution in [3.63, 3.8) is 0 Å². The fraction of sp³-hybridized carbons (Fsp3) is 1.00. The van der Waals surface area contributed by atoms with Crippen LogP contribution >= 0.6 is 0 Å². The Labute approximate surface area is 87.2 Å². The Morgan fingerprint density at radius 1 is 1.21 bits per heavy atom. The minimum absolute atomic E-state index is 0.193. The predicted octanol–water partition coefficient (Wildman–Crippen LogP) is 2.61. The molecule has 1 saturated heterocycles. The molecule has 2 heteroatoms. The normalized spacial score (nSPS) is 31.1. The van der Waals surface area contributed by atoms with Gasteiger partial charge in [-0.25, -0.2) is 0 Å². The highest BCUT2D eigenvalue weighted by molar-refractivity contribution is 4.89. The highest BCUT2D eigenvalue weighted by atomic mass is 16.5. The number of hydrogen-bond acceptors (Lipinski definition) is 2. The third-order valence-electron chi connectivity index (χ3n) is 3.82. The summed E-state index contributed by atoms with van der Waals surface area (Å²) in [5.74, 6) is 0. The lowest BCUT2D eigenvalue weighted by atomic mass is 9.91. The summed E-state index contributed by atoms with van der Waals surface area (Å²) in [6.45, 7) is 0.985.